The fraction of sp³-hybridized carbons (Fsp3) is 0. The molecule has 0 aliphatic heterocycles. The molecule has 0 radical (unpaired) electrons. The lowest BCUT2D eigenvalue weighted by molar-refractivity contribution is 0.589. The van der Waals surface area contributed by atoms with Gasteiger partial charge in [0.15, 0.2) is 22.3 Å². The van der Waals surface area contributed by atoms with Crippen LogP contribution in [0.4, 0.5) is 0 Å². The smallest absolute Gasteiger partial charge is 0.190 e. The molecule has 17 heavy (non-hydrogen) atoms. The third-order valence-corrected chi connectivity index (χ3v) is 5.32. The molecule has 5 rings (SSSR count). The Morgan fingerprint density at radius 1 is 0.706 bits per heavy atom. The summed E-state index contributed by atoms with van der Waals surface area (Å²) >= 11 is 3.41. The van der Waals surface area contributed by atoms with E-state index < -0.39 is 0 Å². The lowest BCUT2D eigenvalue weighted by Gasteiger charge is -1.78. The van der Waals surface area contributed by atoms with Gasteiger partial charge in [0.1, 0.15) is 0 Å². The van der Waals surface area contributed by atoms with Crippen LogP contribution in [0.1, 0.15) is 0 Å². The van der Waals surface area contributed by atoms with E-state index in [1.54, 1.807) is 35.2 Å². The van der Waals surface area contributed by atoms with Crippen LogP contribution >= 0.6 is 22.7 Å². The van der Waals surface area contributed by atoms with E-state index in [-0.39, 0.29) is 0 Å². The Morgan fingerprint density at radius 3 is 1.76 bits per heavy atom. The van der Waals surface area contributed by atoms with Gasteiger partial charge >= 0.3 is 0 Å². The molecule has 0 unspecified atom stereocenters. The van der Waals surface area contributed by atoms with E-state index in [0.717, 1.165) is 41.1 Å². The number of fused-ring (bicyclic) bond motifs is 7. The topological polar surface area (TPSA) is 39.4 Å². The SMILES string of the molecule is c1cc2sc3c(oc4c5occc5sc43)c2o1. The van der Waals surface area contributed by atoms with E-state index in [0.29, 0.717) is 0 Å². The Kier molecular flexibility index (Phi) is 1.27. The molecule has 3 nitrogen and oxygen atoms in total. The molecule has 0 N–H and O–H groups in total. The van der Waals surface area contributed by atoms with E-state index in [2.05, 4.69) is 0 Å². The van der Waals surface area contributed by atoms with Crippen LogP contribution in [0.2, 0.25) is 0 Å². The summed E-state index contributed by atoms with van der Waals surface area (Å²) in [6.07, 6.45) is 3.39. The standard InChI is InChI=1S/C12H4O3S2/c1-3-13-7-5(1)16-11-9(7)15-10-8-6(2-4-14-8)17-12(10)11/h1-4H. The van der Waals surface area contributed by atoms with Crippen molar-refractivity contribution >= 4 is 63.8 Å². The van der Waals surface area contributed by atoms with Crippen LogP contribution in [-0.4, -0.2) is 0 Å². The van der Waals surface area contributed by atoms with Crippen LogP contribution in [-0.2, 0) is 0 Å². The number of hydrogen-bond acceptors (Lipinski definition) is 5. The third kappa shape index (κ3) is 0.852. The summed E-state index contributed by atoms with van der Waals surface area (Å²) in [5.74, 6) is 0. The van der Waals surface area contributed by atoms with Gasteiger partial charge in [-0.15, -0.1) is 22.7 Å². The Balaban J connectivity index is 2.16. The zero-order chi connectivity index (χ0) is 11.0. The molecule has 0 bridgehead atoms. The molecule has 0 aliphatic carbocycles. The van der Waals surface area contributed by atoms with Gasteiger partial charge < -0.3 is 13.3 Å². The van der Waals surface area contributed by atoms with E-state index in [1.165, 1.54) is 0 Å². The maximum atomic E-state index is 5.91. The van der Waals surface area contributed by atoms with Gasteiger partial charge in [0, 0.05) is 0 Å². The van der Waals surface area contributed by atoms with E-state index >= 15 is 0 Å². The van der Waals surface area contributed by atoms with Crippen molar-refractivity contribution in [2.24, 2.45) is 0 Å². The van der Waals surface area contributed by atoms with Gasteiger partial charge in [0.05, 0.1) is 31.3 Å². The lowest BCUT2D eigenvalue weighted by atomic mass is 10.4. The number of furan rings is 3. The van der Waals surface area contributed by atoms with Crippen molar-refractivity contribution < 1.29 is 13.3 Å². The Bertz CT molecular complexity index is 909. The van der Waals surface area contributed by atoms with Crippen molar-refractivity contribution in [2.45, 2.75) is 0 Å². The summed E-state index contributed by atoms with van der Waals surface area (Å²) in [5, 5.41) is 0. The number of thiophene rings is 2. The molecule has 82 valence electrons. The summed E-state index contributed by atoms with van der Waals surface area (Å²) in [4.78, 5) is 0. The second kappa shape index (κ2) is 2.57. The highest BCUT2D eigenvalue weighted by molar-refractivity contribution is 7.33. The van der Waals surface area contributed by atoms with Crippen LogP contribution in [0, 0.1) is 0 Å². The first-order valence-corrected chi connectivity index (χ1v) is 6.73. The summed E-state index contributed by atoms with van der Waals surface area (Å²) in [6.45, 7) is 0. The van der Waals surface area contributed by atoms with Crippen molar-refractivity contribution in [3.05, 3.63) is 24.7 Å². The van der Waals surface area contributed by atoms with E-state index in [9.17, 15) is 0 Å². The first-order valence-electron chi connectivity index (χ1n) is 5.10. The molecule has 5 heterocycles. The monoisotopic (exact) mass is 260 g/mol. The first-order chi connectivity index (χ1) is 8.42. The number of rotatable bonds is 0. The molecule has 5 aromatic rings. The van der Waals surface area contributed by atoms with Crippen molar-refractivity contribution in [2.75, 3.05) is 0 Å². The molecular weight excluding hydrogens is 256 g/mol. The van der Waals surface area contributed by atoms with Crippen molar-refractivity contribution in [3.8, 4) is 0 Å². The molecular formula is C12H4O3S2. The number of hydrogen-bond donors (Lipinski definition) is 0. The third-order valence-electron chi connectivity index (χ3n) is 2.92. The minimum Gasteiger partial charge on any atom is -0.459 e. The quantitative estimate of drug-likeness (QED) is 0.384. The predicted octanol–water partition coefficient (Wildman–Crippen LogP) is 5.20. The van der Waals surface area contributed by atoms with Crippen LogP contribution in [0.25, 0.3) is 41.1 Å². The van der Waals surface area contributed by atoms with Gasteiger partial charge in [-0.25, -0.2) is 0 Å². The predicted molar refractivity (Wildman–Crippen MR) is 69.0 cm³/mol. The highest BCUT2D eigenvalue weighted by atomic mass is 32.1. The second-order valence-corrected chi connectivity index (χ2v) is 5.96. The molecule has 5 aromatic heterocycles. The summed E-state index contributed by atoms with van der Waals surface area (Å²) in [5.41, 5.74) is 3.37. The van der Waals surface area contributed by atoms with Gasteiger partial charge in [0.2, 0.25) is 0 Å². The van der Waals surface area contributed by atoms with Crippen molar-refractivity contribution in [1.82, 2.24) is 0 Å². The fourth-order valence-corrected chi connectivity index (χ4v) is 4.42. The Labute approximate surface area is 102 Å². The van der Waals surface area contributed by atoms with Crippen molar-refractivity contribution in [1.29, 1.82) is 0 Å². The zero-order valence-corrected chi connectivity index (χ0v) is 9.98. The van der Waals surface area contributed by atoms with Crippen LogP contribution in [0.5, 0.6) is 0 Å². The summed E-state index contributed by atoms with van der Waals surface area (Å²) in [6, 6.07) is 3.94. The maximum Gasteiger partial charge on any atom is 0.190 e. The summed E-state index contributed by atoms with van der Waals surface area (Å²) < 4.78 is 21.4. The van der Waals surface area contributed by atoms with Crippen molar-refractivity contribution in [3.63, 3.8) is 0 Å². The highest BCUT2D eigenvalue weighted by Crippen LogP contribution is 2.46. The lowest BCUT2D eigenvalue weighted by Crippen LogP contribution is -1.51. The van der Waals surface area contributed by atoms with Gasteiger partial charge in [-0.2, -0.15) is 0 Å². The van der Waals surface area contributed by atoms with Crippen LogP contribution in [0.3, 0.4) is 0 Å². The highest BCUT2D eigenvalue weighted by Gasteiger charge is 2.21. The average molecular weight is 260 g/mol. The van der Waals surface area contributed by atoms with E-state index in [1.807, 2.05) is 12.1 Å². The second-order valence-electron chi connectivity index (χ2n) is 3.85. The molecule has 0 aromatic carbocycles. The minimum absolute atomic E-state index is 0.841. The molecule has 0 amide bonds. The molecule has 0 aliphatic rings. The molecule has 0 spiro atoms. The molecule has 0 atom stereocenters. The van der Waals surface area contributed by atoms with Crippen LogP contribution < -0.4 is 0 Å². The van der Waals surface area contributed by atoms with Gasteiger partial charge in [-0.3, -0.25) is 0 Å². The van der Waals surface area contributed by atoms with Gasteiger partial charge in [0.25, 0.3) is 0 Å². The molecule has 0 saturated heterocycles. The minimum atomic E-state index is 0.841. The van der Waals surface area contributed by atoms with Gasteiger partial charge in [-0.1, -0.05) is 0 Å². The van der Waals surface area contributed by atoms with Gasteiger partial charge in [-0.05, 0) is 12.1 Å². The first kappa shape index (κ1) is 8.38. The largest absolute Gasteiger partial charge is 0.459 e. The molecule has 0 saturated carbocycles. The van der Waals surface area contributed by atoms with Crippen LogP contribution in [0.15, 0.2) is 37.9 Å². The maximum absolute atomic E-state index is 5.91. The Morgan fingerprint density at radius 2 is 1.24 bits per heavy atom. The zero-order valence-electron chi connectivity index (χ0n) is 8.35. The Hall–Kier alpha value is -1.72. The summed E-state index contributed by atoms with van der Waals surface area (Å²) in [7, 11) is 0. The average Bonchev–Trinajstić information content (AvgIpc) is 2.99. The fourth-order valence-electron chi connectivity index (χ4n) is 2.19. The van der Waals surface area contributed by atoms with E-state index in [4.69, 9.17) is 13.3 Å². The normalized spacial score (nSPS) is 12.7. The molecule has 5 heteroatoms. The molecule has 0 fully saturated rings.